The molecule has 8 heteroatoms. The fourth-order valence-corrected chi connectivity index (χ4v) is 3.48. The summed E-state index contributed by atoms with van der Waals surface area (Å²) < 4.78 is 5.13. The third-order valence-corrected chi connectivity index (χ3v) is 4.74. The van der Waals surface area contributed by atoms with Crippen molar-refractivity contribution >= 4 is 52.0 Å². The summed E-state index contributed by atoms with van der Waals surface area (Å²) in [7, 11) is 1.59. The van der Waals surface area contributed by atoms with Gasteiger partial charge in [-0.15, -0.1) is 0 Å². The number of methoxy groups -OCH3 is 1. The smallest absolute Gasteiger partial charge is 0.214 e. The minimum absolute atomic E-state index is 0.551. The number of pyridine rings is 1. The molecule has 1 aliphatic heterocycles. The summed E-state index contributed by atoms with van der Waals surface area (Å²) in [6.45, 7) is 3.29. The second-order valence-electron chi connectivity index (χ2n) is 5.60. The highest BCUT2D eigenvalue weighted by molar-refractivity contribution is 7.80. The van der Waals surface area contributed by atoms with Gasteiger partial charge in [0.2, 0.25) is 5.88 Å². The molecule has 1 saturated heterocycles. The Labute approximate surface area is 162 Å². The Hall–Kier alpha value is -1.76. The Morgan fingerprint density at radius 2 is 1.80 bits per heavy atom. The predicted molar refractivity (Wildman–Crippen MR) is 107 cm³/mol. The summed E-state index contributed by atoms with van der Waals surface area (Å²) in [4.78, 5) is 8.70. The van der Waals surface area contributed by atoms with E-state index < -0.39 is 0 Å². The normalized spacial score (nSPS) is 14.4. The van der Waals surface area contributed by atoms with E-state index in [2.05, 4.69) is 20.1 Å². The van der Waals surface area contributed by atoms with Crippen molar-refractivity contribution in [2.75, 3.05) is 43.5 Å². The molecule has 25 heavy (non-hydrogen) atoms. The molecule has 1 aromatic heterocycles. The molecule has 5 nitrogen and oxygen atoms in total. The molecule has 2 aromatic rings. The van der Waals surface area contributed by atoms with Gasteiger partial charge < -0.3 is 19.9 Å². The van der Waals surface area contributed by atoms with Gasteiger partial charge in [-0.25, -0.2) is 0 Å². The fourth-order valence-electron chi connectivity index (χ4n) is 2.68. The van der Waals surface area contributed by atoms with Crippen LogP contribution in [0.15, 0.2) is 36.4 Å². The standard InChI is InChI=1S/C17H18Cl2N4OS/c1-24-16-4-2-3-15(20-16)21-17(25)23-7-5-22(6-8-23)14-10-12(18)9-13(19)11-14/h2-4,9-11H,5-8H2,1H3,(H,20,21,25). The van der Waals surface area contributed by atoms with Crippen LogP contribution in [-0.2, 0) is 0 Å². The van der Waals surface area contributed by atoms with Crippen molar-refractivity contribution in [3.05, 3.63) is 46.4 Å². The van der Waals surface area contributed by atoms with Crippen LogP contribution < -0.4 is 15.0 Å². The minimum atomic E-state index is 0.551. The topological polar surface area (TPSA) is 40.6 Å². The summed E-state index contributed by atoms with van der Waals surface area (Å²) in [5.41, 5.74) is 1.03. The molecule has 0 unspecified atom stereocenters. The van der Waals surface area contributed by atoms with E-state index in [1.807, 2.05) is 24.3 Å². The first kappa shape index (κ1) is 18.0. The Bertz CT molecular complexity index is 746. The van der Waals surface area contributed by atoms with Crippen molar-refractivity contribution in [3.63, 3.8) is 0 Å². The summed E-state index contributed by atoms with van der Waals surface area (Å²) in [5, 5.41) is 5.11. The van der Waals surface area contributed by atoms with Crippen LogP contribution in [0.4, 0.5) is 11.5 Å². The number of benzene rings is 1. The highest BCUT2D eigenvalue weighted by Crippen LogP contribution is 2.26. The van der Waals surface area contributed by atoms with Gasteiger partial charge in [0.05, 0.1) is 7.11 Å². The van der Waals surface area contributed by atoms with Gasteiger partial charge >= 0.3 is 0 Å². The number of hydrogen-bond acceptors (Lipinski definition) is 4. The summed E-state index contributed by atoms with van der Waals surface area (Å²) in [5.74, 6) is 1.23. The van der Waals surface area contributed by atoms with E-state index in [0.717, 1.165) is 31.9 Å². The van der Waals surface area contributed by atoms with Gasteiger partial charge in [-0.05, 0) is 36.5 Å². The van der Waals surface area contributed by atoms with Crippen molar-refractivity contribution in [1.29, 1.82) is 0 Å². The van der Waals surface area contributed by atoms with Gasteiger partial charge in [-0.2, -0.15) is 4.98 Å². The van der Waals surface area contributed by atoms with Gasteiger partial charge in [0.1, 0.15) is 5.82 Å². The van der Waals surface area contributed by atoms with E-state index in [4.69, 9.17) is 40.2 Å². The third-order valence-electron chi connectivity index (χ3n) is 3.95. The van der Waals surface area contributed by atoms with Gasteiger partial charge in [0.15, 0.2) is 5.11 Å². The first-order valence-electron chi connectivity index (χ1n) is 7.83. The molecule has 1 N–H and O–H groups in total. The van der Waals surface area contributed by atoms with Crippen LogP contribution in [-0.4, -0.2) is 48.3 Å². The molecule has 132 valence electrons. The van der Waals surface area contributed by atoms with Crippen molar-refractivity contribution in [3.8, 4) is 5.88 Å². The Morgan fingerprint density at radius 3 is 2.44 bits per heavy atom. The maximum absolute atomic E-state index is 6.09. The molecule has 3 rings (SSSR count). The quantitative estimate of drug-likeness (QED) is 0.792. The first-order valence-corrected chi connectivity index (χ1v) is 8.99. The van der Waals surface area contributed by atoms with Gasteiger partial charge in [0.25, 0.3) is 0 Å². The van der Waals surface area contributed by atoms with E-state index in [0.29, 0.717) is 26.9 Å². The lowest BCUT2D eigenvalue weighted by Crippen LogP contribution is -2.50. The molecule has 0 saturated carbocycles. The molecule has 0 radical (unpaired) electrons. The van der Waals surface area contributed by atoms with Crippen LogP contribution in [0.2, 0.25) is 10.0 Å². The second-order valence-corrected chi connectivity index (χ2v) is 6.86. The predicted octanol–water partition coefficient (Wildman–Crippen LogP) is 3.92. The number of piperazine rings is 1. The Morgan fingerprint density at radius 1 is 1.12 bits per heavy atom. The molecule has 0 atom stereocenters. The maximum atomic E-state index is 6.09. The Balaban J connectivity index is 1.58. The van der Waals surface area contributed by atoms with E-state index in [1.54, 1.807) is 19.2 Å². The van der Waals surface area contributed by atoms with E-state index in [1.165, 1.54) is 0 Å². The van der Waals surface area contributed by atoms with Crippen LogP contribution in [0.3, 0.4) is 0 Å². The maximum Gasteiger partial charge on any atom is 0.214 e. The van der Waals surface area contributed by atoms with Crippen LogP contribution in [0, 0.1) is 0 Å². The van der Waals surface area contributed by atoms with E-state index in [9.17, 15) is 0 Å². The summed E-state index contributed by atoms with van der Waals surface area (Å²) in [6.07, 6.45) is 0. The zero-order chi connectivity index (χ0) is 17.8. The summed E-state index contributed by atoms with van der Waals surface area (Å²) in [6, 6.07) is 11.1. The average Bonchev–Trinajstić information content (AvgIpc) is 2.61. The zero-order valence-electron chi connectivity index (χ0n) is 13.7. The number of ether oxygens (including phenoxy) is 1. The molecular weight excluding hydrogens is 379 g/mol. The fraction of sp³-hybridized carbons (Fsp3) is 0.294. The van der Waals surface area contributed by atoms with Crippen LogP contribution >= 0.6 is 35.4 Å². The number of nitrogens with one attached hydrogen (secondary N) is 1. The number of aromatic nitrogens is 1. The third kappa shape index (κ3) is 4.66. The molecule has 0 spiro atoms. The van der Waals surface area contributed by atoms with E-state index >= 15 is 0 Å². The van der Waals surface area contributed by atoms with Crippen molar-refractivity contribution in [1.82, 2.24) is 9.88 Å². The number of hydrogen-bond donors (Lipinski definition) is 1. The molecule has 2 heterocycles. The number of halogens is 2. The molecule has 0 amide bonds. The van der Waals surface area contributed by atoms with Crippen molar-refractivity contribution < 1.29 is 4.74 Å². The summed E-state index contributed by atoms with van der Waals surface area (Å²) >= 11 is 17.7. The Kier molecular flexibility index (Phi) is 5.83. The monoisotopic (exact) mass is 396 g/mol. The highest BCUT2D eigenvalue weighted by atomic mass is 35.5. The molecule has 1 aromatic carbocycles. The lowest BCUT2D eigenvalue weighted by molar-refractivity contribution is 0.390. The lowest BCUT2D eigenvalue weighted by atomic mass is 10.2. The number of rotatable bonds is 3. The van der Waals surface area contributed by atoms with Crippen molar-refractivity contribution in [2.24, 2.45) is 0 Å². The average molecular weight is 397 g/mol. The molecule has 0 aliphatic carbocycles. The van der Waals surface area contributed by atoms with Gasteiger partial charge in [-0.1, -0.05) is 29.3 Å². The first-order chi connectivity index (χ1) is 12.0. The van der Waals surface area contributed by atoms with Crippen LogP contribution in [0.1, 0.15) is 0 Å². The zero-order valence-corrected chi connectivity index (χ0v) is 16.0. The van der Waals surface area contributed by atoms with Gasteiger partial charge in [0, 0.05) is 48.0 Å². The number of nitrogens with zero attached hydrogens (tertiary/aromatic N) is 3. The van der Waals surface area contributed by atoms with Gasteiger partial charge in [-0.3, -0.25) is 0 Å². The van der Waals surface area contributed by atoms with Crippen LogP contribution in [0.25, 0.3) is 0 Å². The number of anilines is 2. The highest BCUT2D eigenvalue weighted by Gasteiger charge is 2.20. The largest absolute Gasteiger partial charge is 0.481 e. The molecule has 0 bridgehead atoms. The molecule has 1 fully saturated rings. The lowest BCUT2D eigenvalue weighted by Gasteiger charge is -2.37. The van der Waals surface area contributed by atoms with E-state index in [-0.39, 0.29) is 0 Å². The van der Waals surface area contributed by atoms with Crippen LogP contribution in [0.5, 0.6) is 5.88 Å². The second kappa shape index (κ2) is 8.08. The minimum Gasteiger partial charge on any atom is -0.481 e. The van der Waals surface area contributed by atoms with Crippen molar-refractivity contribution in [2.45, 2.75) is 0 Å². The molecular formula is C17H18Cl2N4OS. The SMILES string of the molecule is COc1cccc(NC(=S)N2CCN(c3cc(Cl)cc(Cl)c3)CC2)n1. The molecule has 1 aliphatic rings. The number of thiocarbonyl (C=S) groups is 1.